The van der Waals surface area contributed by atoms with Gasteiger partial charge in [-0.2, -0.15) is 0 Å². The molecule has 0 aliphatic heterocycles. The molecule has 0 heterocycles. The van der Waals surface area contributed by atoms with Crippen LogP contribution in [0.3, 0.4) is 0 Å². The zero-order valence-corrected chi connectivity index (χ0v) is 24.7. The molecule has 3 aromatic rings. The van der Waals surface area contributed by atoms with E-state index in [1.807, 2.05) is 13.8 Å². The molecule has 1 unspecified atom stereocenters. The summed E-state index contributed by atoms with van der Waals surface area (Å²) in [7, 11) is -4.15. The highest BCUT2D eigenvalue weighted by Gasteiger charge is 2.32. The molecule has 0 aromatic heterocycles. The fraction of sp³-hybridized carbons (Fsp3) is 0.310. The summed E-state index contributed by atoms with van der Waals surface area (Å²) >= 11 is 12.5. The highest BCUT2D eigenvalue weighted by Crippen LogP contribution is 2.28. The van der Waals surface area contributed by atoms with Crippen LogP contribution in [0.5, 0.6) is 0 Å². The van der Waals surface area contributed by atoms with Crippen molar-refractivity contribution in [2.45, 2.75) is 45.2 Å². The third-order valence-electron chi connectivity index (χ3n) is 6.15. The minimum absolute atomic E-state index is 0.0265. The van der Waals surface area contributed by atoms with Crippen LogP contribution in [0.4, 0.5) is 5.69 Å². The van der Waals surface area contributed by atoms with Gasteiger partial charge < -0.3 is 10.2 Å². The quantitative estimate of drug-likeness (QED) is 0.311. The van der Waals surface area contributed by atoms with Crippen LogP contribution < -0.4 is 9.62 Å². The van der Waals surface area contributed by atoms with Crippen molar-refractivity contribution in [1.29, 1.82) is 0 Å². The number of nitrogens with zero attached hydrogens (tertiary/aromatic N) is 2. The van der Waals surface area contributed by atoms with E-state index in [1.54, 1.807) is 68.4 Å². The monoisotopic (exact) mass is 589 g/mol. The van der Waals surface area contributed by atoms with E-state index < -0.39 is 28.5 Å². The number of nitrogens with one attached hydrogen (secondary N) is 1. The number of amides is 2. The van der Waals surface area contributed by atoms with Crippen molar-refractivity contribution in [2.75, 3.05) is 17.4 Å². The van der Waals surface area contributed by atoms with Gasteiger partial charge in [-0.15, -0.1) is 0 Å². The maximum atomic E-state index is 13.9. The molecule has 1 atom stereocenters. The Morgan fingerprint density at radius 1 is 0.923 bits per heavy atom. The van der Waals surface area contributed by atoms with E-state index in [1.165, 1.54) is 23.1 Å². The van der Waals surface area contributed by atoms with Gasteiger partial charge in [-0.05, 0) is 67.3 Å². The molecule has 0 fully saturated rings. The van der Waals surface area contributed by atoms with Crippen molar-refractivity contribution >= 4 is 50.7 Å². The zero-order valence-electron chi connectivity index (χ0n) is 22.4. The SMILES string of the molecule is Cc1ccc(N(CC(=O)N(Cc2cccc(Cl)c2)C(C)C(=O)NCC(C)C)S(=O)(=O)c2ccccc2)cc1Cl. The number of anilines is 1. The van der Waals surface area contributed by atoms with Gasteiger partial charge in [-0.25, -0.2) is 8.42 Å². The first kappa shape index (κ1) is 30.5. The molecule has 0 saturated carbocycles. The summed E-state index contributed by atoms with van der Waals surface area (Å²) in [6.07, 6.45) is 0. The Balaban J connectivity index is 2.03. The molecule has 0 radical (unpaired) electrons. The van der Waals surface area contributed by atoms with E-state index in [0.29, 0.717) is 22.2 Å². The van der Waals surface area contributed by atoms with Gasteiger partial charge in [0, 0.05) is 23.1 Å². The lowest BCUT2D eigenvalue weighted by molar-refractivity contribution is -0.139. The Morgan fingerprint density at radius 3 is 2.23 bits per heavy atom. The lowest BCUT2D eigenvalue weighted by Crippen LogP contribution is -2.51. The Labute approximate surface area is 240 Å². The van der Waals surface area contributed by atoms with Crippen molar-refractivity contribution in [2.24, 2.45) is 5.92 Å². The molecule has 0 bridgehead atoms. The largest absolute Gasteiger partial charge is 0.354 e. The summed E-state index contributed by atoms with van der Waals surface area (Å²) in [5.41, 5.74) is 1.71. The fourth-order valence-corrected chi connectivity index (χ4v) is 5.67. The standard InChI is InChI=1S/C29H33Cl2N3O4S/c1-20(2)17-32-29(36)22(4)33(18-23-9-8-10-24(30)15-23)28(35)19-34(25-14-13-21(3)27(31)16-25)39(37,38)26-11-6-5-7-12-26/h5-16,20,22H,17-19H2,1-4H3,(H,32,36). The number of benzene rings is 3. The number of sulfonamides is 1. The summed E-state index contributed by atoms with van der Waals surface area (Å²) in [5, 5.41) is 3.71. The molecular formula is C29H33Cl2N3O4S. The first-order valence-corrected chi connectivity index (χ1v) is 14.7. The molecule has 3 rings (SSSR count). The third kappa shape index (κ3) is 7.97. The highest BCUT2D eigenvalue weighted by molar-refractivity contribution is 7.92. The Bertz CT molecular complexity index is 1420. The maximum absolute atomic E-state index is 13.9. The van der Waals surface area contributed by atoms with E-state index in [9.17, 15) is 18.0 Å². The fourth-order valence-electron chi connectivity index (χ4n) is 3.85. The molecule has 10 heteroatoms. The minimum Gasteiger partial charge on any atom is -0.354 e. The average Bonchev–Trinajstić information content (AvgIpc) is 2.90. The van der Waals surface area contributed by atoms with Gasteiger partial charge in [0.1, 0.15) is 12.6 Å². The van der Waals surface area contributed by atoms with Crippen LogP contribution in [-0.2, 0) is 26.2 Å². The first-order valence-electron chi connectivity index (χ1n) is 12.6. The normalized spacial score (nSPS) is 12.2. The molecule has 7 nitrogen and oxygen atoms in total. The Kier molecular flexibility index (Phi) is 10.4. The number of rotatable bonds is 11. The lowest BCUT2D eigenvalue weighted by Gasteiger charge is -2.32. The van der Waals surface area contributed by atoms with Gasteiger partial charge in [0.2, 0.25) is 11.8 Å². The molecular weight excluding hydrogens is 557 g/mol. The van der Waals surface area contributed by atoms with Crippen molar-refractivity contribution in [3.05, 3.63) is 94.0 Å². The van der Waals surface area contributed by atoms with E-state index in [4.69, 9.17) is 23.2 Å². The minimum atomic E-state index is -4.15. The molecule has 39 heavy (non-hydrogen) atoms. The van der Waals surface area contributed by atoms with Crippen LogP contribution in [0.1, 0.15) is 31.9 Å². The number of carbonyl (C=O) groups is 2. The number of aryl methyl sites for hydroxylation is 1. The topological polar surface area (TPSA) is 86.8 Å². The van der Waals surface area contributed by atoms with Gasteiger partial charge >= 0.3 is 0 Å². The molecule has 1 N–H and O–H groups in total. The Hall–Kier alpha value is -3.07. The van der Waals surface area contributed by atoms with Crippen LogP contribution in [0, 0.1) is 12.8 Å². The van der Waals surface area contributed by atoms with E-state index in [2.05, 4.69) is 5.32 Å². The van der Waals surface area contributed by atoms with Crippen LogP contribution in [0.25, 0.3) is 0 Å². The third-order valence-corrected chi connectivity index (χ3v) is 8.58. The lowest BCUT2D eigenvalue weighted by atomic mass is 10.1. The van der Waals surface area contributed by atoms with Crippen LogP contribution in [0.2, 0.25) is 10.0 Å². The van der Waals surface area contributed by atoms with E-state index in [0.717, 1.165) is 9.87 Å². The van der Waals surface area contributed by atoms with Gasteiger partial charge in [-0.3, -0.25) is 13.9 Å². The van der Waals surface area contributed by atoms with Crippen molar-refractivity contribution < 1.29 is 18.0 Å². The summed E-state index contributed by atoms with van der Waals surface area (Å²) in [5.74, 6) is -0.677. The number of hydrogen-bond donors (Lipinski definition) is 1. The maximum Gasteiger partial charge on any atom is 0.264 e. The number of hydrogen-bond acceptors (Lipinski definition) is 4. The molecule has 0 aliphatic rings. The van der Waals surface area contributed by atoms with Crippen LogP contribution >= 0.6 is 23.2 Å². The summed E-state index contributed by atoms with van der Waals surface area (Å²) in [6, 6.07) is 18.8. The summed E-state index contributed by atoms with van der Waals surface area (Å²) in [4.78, 5) is 28.3. The second-order valence-electron chi connectivity index (χ2n) is 9.72. The van der Waals surface area contributed by atoms with Gasteiger partial charge in [0.15, 0.2) is 0 Å². The zero-order chi connectivity index (χ0) is 28.7. The molecule has 0 spiro atoms. The smallest absolute Gasteiger partial charge is 0.264 e. The highest BCUT2D eigenvalue weighted by atomic mass is 35.5. The summed E-state index contributed by atoms with van der Waals surface area (Å²) < 4.78 is 28.6. The van der Waals surface area contributed by atoms with Gasteiger partial charge in [0.25, 0.3) is 10.0 Å². The summed E-state index contributed by atoms with van der Waals surface area (Å²) in [6.45, 7) is 7.33. The number of carbonyl (C=O) groups excluding carboxylic acids is 2. The first-order chi connectivity index (χ1) is 18.4. The van der Waals surface area contributed by atoms with E-state index >= 15 is 0 Å². The second-order valence-corrected chi connectivity index (χ2v) is 12.4. The van der Waals surface area contributed by atoms with Gasteiger partial charge in [0.05, 0.1) is 10.6 Å². The average molecular weight is 591 g/mol. The molecule has 0 aliphatic carbocycles. The second kappa shape index (κ2) is 13.3. The van der Waals surface area contributed by atoms with E-state index in [-0.39, 0.29) is 29.0 Å². The number of halogens is 2. The van der Waals surface area contributed by atoms with Crippen LogP contribution in [-0.4, -0.2) is 44.3 Å². The molecule has 0 saturated heterocycles. The molecule has 3 aromatic carbocycles. The van der Waals surface area contributed by atoms with Crippen molar-refractivity contribution in [1.82, 2.24) is 10.2 Å². The predicted octanol–water partition coefficient (Wildman–Crippen LogP) is 5.69. The van der Waals surface area contributed by atoms with Crippen molar-refractivity contribution in [3.8, 4) is 0 Å². The molecule has 208 valence electrons. The molecule has 2 amide bonds. The van der Waals surface area contributed by atoms with Gasteiger partial charge in [-0.1, -0.05) is 73.4 Å². The predicted molar refractivity (Wildman–Crippen MR) is 156 cm³/mol. The van der Waals surface area contributed by atoms with Crippen molar-refractivity contribution in [3.63, 3.8) is 0 Å². The van der Waals surface area contributed by atoms with Crippen LogP contribution in [0.15, 0.2) is 77.7 Å². The Morgan fingerprint density at radius 2 is 1.62 bits per heavy atom.